The molecule has 0 aromatic heterocycles. The average molecular weight is 123 g/mol. The average Bonchev–Trinajstić information content (AvgIpc) is 2.13. The summed E-state index contributed by atoms with van der Waals surface area (Å²) in [5, 5.41) is 13.7. The summed E-state index contributed by atoms with van der Waals surface area (Å²) in [6.45, 7) is 1.39. The Bertz CT molecular complexity index is 226. The first-order chi connectivity index (χ1) is 4.22. The lowest BCUT2D eigenvalue weighted by atomic mass is 10.2. The van der Waals surface area contributed by atoms with E-state index in [4.69, 9.17) is 5.41 Å². The predicted molar refractivity (Wildman–Crippen MR) is 31.3 cm³/mol. The topological polar surface area (TPSA) is 65.6 Å². The van der Waals surface area contributed by atoms with E-state index in [0.29, 0.717) is 0 Å². The number of amidine groups is 1. The molecule has 0 radical (unpaired) electrons. The van der Waals surface area contributed by atoms with Crippen LogP contribution in [0.2, 0.25) is 0 Å². The maximum atomic E-state index is 10.5. The van der Waals surface area contributed by atoms with Gasteiger partial charge in [-0.25, -0.2) is 0 Å². The highest BCUT2D eigenvalue weighted by Crippen LogP contribution is 2.07. The van der Waals surface area contributed by atoms with Crippen LogP contribution in [0, 0.1) is 5.41 Å². The molecule has 1 aliphatic rings. The van der Waals surface area contributed by atoms with E-state index in [1.165, 1.54) is 13.1 Å². The van der Waals surface area contributed by atoms with Crippen molar-refractivity contribution in [1.82, 2.24) is 0 Å². The van der Waals surface area contributed by atoms with Crippen LogP contribution in [0.3, 0.4) is 0 Å². The summed E-state index contributed by atoms with van der Waals surface area (Å²) in [4.78, 5) is 10.5. The minimum atomic E-state index is -0.162. The highest BCUT2D eigenvalue weighted by Gasteiger charge is 2.12. The van der Waals surface area contributed by atoms with Gasteiger partial charge in [0.25, 0.3) is 0 Å². The molecular weight excluding hydrogens is 118 g/mol. The van der Waals surface area contributed by atoms with Crippen LogP contribution in [-0.4, -0.2) is 11.6 Å². The zero-order valence-electron chi connectivity index (χ0n) is 4.88. The second-order valence-electron chi connectivity index (χ2n) is 1.66. The molecule has 1 rings (SSSR count). The molecule has 0 saturated heterocycles. The van der Waals surface area contributed by atoms with Crippen molar-refractivity contribution in [2.24, 2.45) is 10.2 Å². The Labute approximate surface area is 51.8 Å². The normalized spacial score (nSPS) is 16.1. The summed E-state index contributed by atoms with van der Waals surface area (Å²) in [5.74, 6) is -0.201. The maximum Gasteiger partial charge on any atom is 0.179 e. The molecule has 0 saturated carbocycles. The number of carbonyl (C=O) groups excluding carboxylic acids is 1. The molecule has 4 nitrogen and oxygen atoms in total. The fraction of sp³-hybridized carbons (Fsp3) is 0.200. The second-order valence-corrected chi connectivity index (χ2v) is 1.66. The van der Waals surface area contributed by atoms with Crippen LogP contribution in [0.5, 0.6) is 0 Å². The summed E-state index contributed by atoms with van der Waals surface area (Å²) in [7, 11) is 0. The summed E-state index contributed by atoms with van der Waals surface area (Å²) in [6.07, 6.45) is 1.30. The van der Waals surface area contributed by atoms with E-state index in [0.717, 1.165) is 0 Å². The molecule has 0 atom stereocenters. The predicted octanol–water partition coefficient (Wildman–Crippen LogP) is 0.902. The number of azo groups is 1. The highest BCUT2D eigenvalue weighted by atomic mass is 16.1. The lowest BCUT2D eigenvalue weighted by Crippen LogP contribution is -2.02. The molecule has 1 aliphatic heterocycles. The number of rotatable bonds is 1. The van der Waals surface area contributed by atoms with Gasteiger partial charge in [0.15, 0.2) is 11.6 Å². The zero-order valence-corrected chi connectivity index (χ0v) is 4.88. The van der Waals surface area contributed by atoms with Crippen molar-refractivity contribution in [3.8, 4) is 0 Å². The van der Waals surface area contributed by atoms with E-state index >= 15 is 0 Å². The lowest BCUT2D eigenvalue weighted by molar-refractivity contribution is -0.113. The molecule has 4 heteroatoms. The van der Waals surface area contributed by atoms with E-state index in [-0.39, 0.29) is 17.2 Å². The van der Waals surface area contributed by atoms with Gasteiger partial charge in [-0.2, -0.15) is 5.11 Å². The fourth-order valence-corrected chi connectivity index (χ4v) is 0.517. The van der Waals surface area contributed by atoms with Gasteiger partial charge in [-0.05, 0) is 6.92 Å². The van der Waals surface area contributed by atoms with Crippen LogP contribution in [0.25, 0.3) is 0 Å². The van der Waals surface area contributed by atoms with Crippen LogP contribution in [0.1, 0.15) is 6.92 Å². The van der Waals surface area contributed by atoms with Crippen molar-refractivity contribution in [2.75, 3.05) is 0 Å². The fourth-order valence-electron chi connectivity index (χ4n) is 0.517. The number of hydrogen-bond donors (Lipinski definition) is 1. The smallest absolute Gasteiger partial charge is 0.179 e. The van der Waals surface area contributed by atoms with Gasteiger partial charge in [0.1, 0.15) is 0 Å². The molecule has 9 heavy (non-hydrogen) atoms. The molecule has 0 fully saturated rings. The van der Waals surface area contributed by atoms with Crippen molar-refractivity contribution >= 4 is 11.6 Å². The number of ketones is 1. The molecule has 0 aromatic carbocycles. The van der Waals surface area contributed by atoms with Gasteiger partial charge in [-0.3, -0.25) is 10.2 Å². The van der Waals surface area contributed by atoms with Crippen molar-refractivity contribution in [3.05, 3.63) is 11.8 Å². The second kappa shape index (κ2) is 1.89. The molecular formula is C5H5N3O. The number of carbonyl (C=O) groups is 1. The summed E-state index contributed by atoms with van der Waals surface area (Å²) in [6, 6.07) is 0. The summed E-state index contributed by atoms with van der Waals surface area (Å²) >= 11 is 0. The SMILES string of the molecule is CC(=O)C1=CN=NC1=N. The van der Waals surface area contributed by atoms with Crippen LogP contribution in [0.15, 0.2) is 22.0 Å². The van der Waals surface area contributed by atoms with E-state index in [1.54, 1.807) is 0 Å². The Balaban J connectivity index is 2.88. The Morgan fingerprint density at radius 3 is 2.67 bits per heavy atom. The van der Waals surface area contributed by atoms with E-state index < -0.39 is 0 Å². The Hall–Kier alpha value is -1.32. The van der Waals surface area contributed by atoms with Crippen LogP contribution >= 0.6 is 0 Å². The van der Waals surface area contributed by atoms with Crippen molar-refractivity contribution in [3.63, 3.8) is 0 Å². The Kier molecular flexibility index (Phi) is 1.22. The van der Waals surface area contributed by atoms with Gasteiger partial charge in [-0.1, -0.05) is 0 Å². The van der Waals surface area contributed by atoms with Crippen molar-refractivity contribution in [2.45, 2.75) is 6.92 Å². The Morgan fingerprint density at radius 2 is 2.44 bits per heavy atom. The number of Topliss-reactive ketones (excluding diaryl/α,β-unsaturated/α-hetero) is 1. The van der Waals surface area contributed by atoms with Crippen LogP contribution in [-0.2, 0) is 4.79 Å². The van der Waals surface area contributed by atoms with Crippen molar-refractivity contribution in [1.29, 1.82) is 5.41 Å². The first-order valence-electron chi connectivity index (χ1n) is 2.42. The van der Waals surface area contributed by atoms with E-state index in [1.807, 2.05) is 0 Å². The van der Waals surface area contributed by atoms with Gasteiger partial charge >= 0.3 is 0 Å². The van der Waals surface area contributed by atoms with Gasteiger partial charge in [0, 0.05) is 0 Å². The van der Waals surface area contributed by atoms with Gasteiger partial charge in [-0.15, -0.1) is 5.11 Å². The molecule has 0 amide bonds. The monoisotopic (exact) mass is 123 g/mol. The minimum Gasteiger partial charge on any atom is -0.294 e. The molecule has 0 aliphatic carbocycles. The maximum absolute atomic E-state index is 10.5. The molecule has 46 valence electrons. The quantitative estimate of drug-likeness (QED) is 0.553. The largest absolute Gasteiger partial charge is 0.294 e. The number of nitrogens with zero attached hydrogens (tertiary/aromatic N) is 2. The van der Waals surface area contributed by atoms with Gasteiger partial charge < -0.3 is 0 Å². The minimum absolute atomic E-state index is 0.0394. The van der Waals surface area contributed by atoms with Crippen molar-refractivity contribution < 1.29 is 4.79 Å². The first kappa shape index (κ1) is 5.81. The van der Waals surface area contributed by atoms with Gasteiger partial charge in [0.05, 0.1) is 11.8 Å². The van der Waals surface area contributed by atoms with Gasteiger partial charge in [0.2, 0.25) is 0 Å². The Morgan fingerprint density at radius 1 is 1.78 bits per heavy atom. The third kappa shape index (κ3) is 0.910. The molecule has 0 bridgehead atoms. The molecule has 1 N–H and O–H groups in total. The highest BCUT2D eigenvalue weighted by molar-refractivity contribution is 6.20. The zero-order chi connectivity index (χ0) is 6.85. The van der Waals surface area contributed by atoms with E-state index in [2.05, 4.69) is 10.2 Å². The molecule has 0 unspecified atom stereocenters. The third-order valence-electron chi connectivity index (χ3n) is 0.979. The van der Waals surface area contributed by atoms with E-state index in [9.17, 15) is 4.79 Å². The van der Waals surface area contributed by atoms with Crippen LogP contribution in [0.4, 0.5) is 0 Å². The number of hydrogen-bond acceptors (Lipinski definition) is 3. The van der Waals surface area contributed by atoms with Crippen LogP contribution < -0.4 is 0 Å². The summed E-state index contributed by atoms with van der Waals surface area (Å²) < 4.78 is 0. The standard InChI is InChI=1S/C5H5N3O/c1-3(9)4-2-7-8-5(4)6/h2,6H,1H3. The summed E-state index contributed by atoms with van der Waals surface area (Å²) in [5.41, 5.74) is 0.287. The number of nitrogens with one attached hydrogen (secondary N) is 1. The molecule has 1 heterocycles. The molecule has 0 aromatic rings. The first-order valence-corrected chi connectivity index (χ1v) is 2.42. The third-order valence-corrected chi connectivity index (χ3v) is 0.979. The lowest BCUT2D eigenvalue weighted by Gasteiger charge is -1.87. The molecule has 0 spiro atoms.